The number of esters is 3. The van der Waals surface area contributed by atoms with Crippen molar-refractivity contribution in [2.75, 3.05) is 13.2 Å². The molecule has 0 N–H and O–H groups in total. The molecule has 6 heteroatoms. The van der Waals surface area contributed by atoms with E-state index in [1.54, 1.807) is 0 Å². The smallest absolute Gasteiger partial charge is 0.306 e. The Morgan fingerprint density at radius 2 is 0.721 bits per heavy atom. The van der Waals surface area contributed by atoms with Gasteiger partial charge in [-0.05, 0) is 96.3 Å². The van der Waals surface area contributed by atoms with Gasteiger partial charge in [0.15, 0.2) is 6.10 Å². The first kappa shape index (κ1) is 56.5. The lowest BCUT2D eigenvalue weighted by Crippen LogP contribution is -2.30. The second kappa shape index (κ2) is 48.2. The van der Waals surface area contributed by atoms with Crippen LogP contribution in [0.15, 0.2) is 134 Å². The molecule has 0 saturated carbocycles. The minimum absolute atomic E-state index is 0.122. The zero-order chi connectivity index (χ0) is 44.4. The van der Waals surface area contributed by atoms with Crippen molar-refractivity contribution in [3.05, 3.63) is 134 Å². The largest absolute Gasteiger partial charge is 0.462 e. The second-order valence-electron chi connectivity index (χ2n) is 15.0. The van der Waals surface area contributed by atoms with E-state index in [2.05, 4.69) is 118 Å². The molecule has 1 unspecified atom stereocenters. The molecule has 0 spiro atoms. The lowest BCUT2D eigenvalue weighted by molar-refractivity contribution is -0.167. The lowest BCUT2D eigenvalue weighted by Gasteiger charge is -2.18. The number of hydrogen-bond donors (Lipinski definition) is 0. The van der Waals surface area contributed by atoms with Gasteiger partial charge in [0.05, 0.1) is 0 Å². The number of carbonyl (C=O) groups excluding carboxylic acids is 3. The summed E-state index contributed by atoms with van der Waals surface area (Å²) >= 11 is 0. The van der Waals surface area contributed by atoms with Crippen LogP contribution in [0, 0.1) is 0 Å². The van der Waals surface area contributed by atoms with E-state index in [9.17, 15) is 14.4 Å². The summed E-state index contributed by atoms with van der Waals surface area (Å²) < 4.78 is 16.6. The molecule has 0 heterocycles. The lowest BCUT2D eigenvalue weighted by atomic mass is 10.1. The SMILES string of the molecule is CC/C=C\C/C=C\C/C=C\CCCCCCC(=O)OC(COC(=O)CCC/C=C\C/C=C\C/C=C\CC)COC(=O)CCCCCCC\C=C/C=C\C=C/C=C\C=C/CCC. The van der Waals surface area contributed by atoms with Gasteiger partial charge in [-0.2, -0.15) is 0 Å². The molecule has 61 heavy (non-hydrogen) atoms. The maximum absolute atomic E-state index is 12.7. The molecule has 0 bridgehead atoms. The third kappa shape index (κ3) is 46.5. The van der Waals surface area contributed by atoms with Crippen LogP contribution in [0.25, 0.3) is 0 Å². The van der Waals surface area contributed by atoms with Crippen LogP contribution in [0.1, 0.15) is 175 Å². The normalized spacial score (nSPS) is 13.3. The van der Waals surface area contributed by atoms with Gasteiger partial charge in [-0.1, -0.05) is 193 Å². The fraction of sp³-hybridized carbons (Fsp3) is 0.545. The van der Waals surface area contributed by atoms with Crippen molar-refractivity contribution in [3.63, 3.8) is 0 Å². The number of rotatable bonds is 40. The van der Waals surface area contributed by atoms with Crippen LogP contribution in [0.4, 0.5) is 0 Å². The quantitative estimate of drug-likeness (QED) is 0.0201. The molecule has 0 aliphatic heterocycles. The molecule has 0 amide bonds. The molecular formula is C55H84O6. The maximum atomic E-state index is 12.7. The third-order valence-corrected chi connectivity index (χ3v) is 9.23. The van der Waals surface area contributed by atoms with E-state index in [1.165, 1.54) is 6.42 Å². The summed E-state index contributed by atoms with van der Waals surface area (Å²) in [5, 5.41) is 0. The highest BCUT2D eigenvalue weighted by atomic mass is 16.6. The first-order chi connectivity index (χ1) is 30.0. The van der Waals surface area contributed by atoms with Gasteiger partial charge in [0.2, 0.25) is 0 Å². The molecule has 0 aliphatic carbocycles. The van der Waals surface area contributed by atoms with Crippen LogP contribution in [0.3, 0.4) is 0 Å². The van der Waals surface area contributed by atoms with Crippen LogP contribution in [0.5, 0.6) is 0 Å². The predicted octanol–water partition coefficient (Wildman–Crippen LogP) is 15.5. The Bertz CT molecular complexity index is 1380. The average molecular weight is 841 g/mol. The van der Waals surface area contributed by atoms with Crippen molar-refractivity contribution in [2.24, 2.45) is 0 Å². The number of hydrogen-bond acceptors (Lipinski definition) is 6. The van der Waals surface area contributed by atoms with Gasteiger partial charge in [-0.15, -0.1) is 0 Å². The standard InChI is InChI=1S/C55H84O6/c1-4-7-10-13-16-19-22-24-26-27-28-29-31-33-36-39-42-45-48-54(57)60-51-52(50-59-53(56)47-44-41-38-35-32-21-18-15-12-9-6-3)61-55(58)49-46-43-40-37-34-30-25-23-20-17-14-11-8-5-2/h8-13,16-22,24-30,35,38,52H,4-7,14-15,23,31-34,36-37,39-51H2,1-3H3/b11-8-,12-9-,13-10-,19-16-,20-17-,21-18-,24-22-,27-26-,29-28-,30-25-,38-35-. The molecule has 0 aromatic carbocycles. The van der Waals surface area contributed by atoms with Gasteiger partial charge >= 0.3 is 17.9 Å². The molecule has 6 nitrogen and oxygen atoms in total. The van der Waals surface area contributed by atoms with Gasteiger partial charge in [-0.3, -0.25) is 14.4 Å². The highest BCUT2D eigenvalue weighted by Gasteiger charge is 2.19. The Hall–Kier alpha value is -4.45. The Labute approximate surface area is 373 Å². The Kier molecular flexibility index (Phi) is 44.7. The van der Waals surface area contributed by atoms with E-state index in [1.807, 2.05) is 36.5 Å². The summed E-state index contributed by atoms with van der Waals surface area (Å²) in [6, 6.07) is 0. The van der Waals surface area contributed by atoms with E-state index in [4.69, 9.17) is 14.2 Å². The van der Waals surface area contributed by atoms with E-state index in [0.717, 1.165) is 122 Å². The zero-order valence-electron chi connectivity index (χ0n) is 38.6. The zero-order valence-corrected chi connectivity index (χ0v) is 38.6. The topological polar surface area (TPSA) is 78.9 Å². The van der Waals surface area contributed by atoms with Gasteiger partial charge in [-0.25, -0.2) is 0 Å². The number of carbonyl (C=O) groups is 3. The first-order valence-electron chi connectivity index (χ1n) is 23.8. The summed E-state index contributed by atoms with van der Waals surface area (Å²) in [5.41, 5.74) is 0. The molecule has 0 aliphatic rings. The monoisotopic (exact) mass is 841 g/mol. The molecule has 0 aromatic rings. The molecule has 0 rings (SSSR count). The van der Waals surface area contributed by atoms with E-state index >= 15 is 0 Å². The van der Waals surface area contributed by atoms with Crippen LogP contribution >= 0.6 is 0 Å². The Balaban J connectivity index is 4.55. The molecular weight excluding hydrogens is 757 g/mol. The number of allylic oxidation sites excluding steroid dienone is 22. The summed E-state index contributed by atoms with van der Waals surface area (Å²) in [6.45, 7) is 6.19. The first-order valence-corrected chi connectivity index (χ1v) is 23.8. The Morgan fingerprint density at radius 1 is 0.361 bits per heavy atom. The van der Waals surface area contributed by atoms with Gasteiger partial charge in [0.1, 0.15) is 13.2 Å². The van der Waals surface area contributed by atoms with Gasteiger partial charge in [0.25, 0.3) is 0 Å². The summed E-state index contributed by atoms with van der Waals surface area (Å²) in [5.74, 6) is -1.04. The van der Waals surface area contributed by atoms with Crippen molar-refractivity contribution >= 4 is 17.9 Å². The highest BCUT2D eigenvalue weighted by molar-refractivity contribution is 5.71. The van der Waals surface area contributed by atoms with Gasteiger partial charge < -0.3 is 14.2 Å². The highest BCUT2D eigenvalue weighted by Crippen LogP contribution is 2.11. The van der Waals surface area contributed by atoms with Crippen LogP contribution in [-0.4, -0.2) is 37.2 Å². The average Bonchev–Trinajstić information content (AvgIpc) is 3.26. The van der Waals surface area contributed by atoms with Crippen molar-refractivity contribution in [3.8, 4) is 0 Å². The van der Waals surface area contributed by atoms with Crippen LogP contribution < -0.4 is 0 Å². The summed E-state index contributed by atoms with van der Waals surface area (Å²) in [4.78, 5) is 37.8. The summed E-state index contributed by atoms with van der Waals surface area (Å²) in [7, 11) is 0. The van der Waals surface area contributed by atoms with Crippen LogP contribution in [0.2, 0.25) is 0 Å². The van der Waals surface area contributed by atoms with Crippen LogP contribution in [-0.2, 0) is 28.6 Å². The van der Waals surface area contributed by atoms with Crippen molar-refractivity contribution in [1.29, 1.82) is 0 Å². The molecule has 1 atom stereocenters. The molecule has 0 radical (unpaired) electrons. The number of unbranched alkanes of at least 4 members (excludes halogenated alkanes) is 11. The van der Waals surface area contributed by atoms with E-state index < -0.39 is 6.10 Å². The fourth-order valence-corrected chi connectivity index (χ4v) is 5.74. The van der Waals surface area contributed by atoms with Crippen molar-refractivity contribution < 1.29 is 28.6 Å². The predicted molar refractivity (Wildman–Crippen MR) is 260 cm³/mol. The third-order valence-electron chi connectivity index (χ3n) is 9.23. The van der Waals surface area contributed by atoms with E-state index in [-0.39, 0.29) is 44.0 Å². The Morgan fingerprint density at radius 3 is 1.21 bits per heavy atom. The maximum Gasteiger partial charge on any atom is 0.306 e. The molecule has 0 fully saturated rings. The minimum Gasteiger partial charge on any atom is -0.462 e. The van der Waals surface area contributed by atoms with Crippen molar-refractivity contribution in [1.82, 2.24) is 0 Å². The minimum atomic E-state index is -0.824. The molecule has 0 saturated heterocycles. The molecule has 0 aromatic heterocycles. The van der Waals surface area contributed by atoms with Crippen molar-refractivity contribution in [2.45, 2.75) is 181 Å². The number of ether oxygens (including phenoxy) is 3. The van der Waals surface area contributed by atoms with Gasteiger partial charge in [0, 0.05) is 19.3 Å². The second-order valence-corrected chi connectivity index (χ2v) is 15.0. The molecule has 340 valence electrons. The van der Waals surface area contributed by atoms with E-state index in [0.29, 0.717) is 12.8 Å². The fourth-order valence-electron chi connectivity index (χ4n) is 5.74. The summed E-state index contributed by atoms with van der Waals surface area (Å²) in [6.07, 6.45) is 67.2.